The summed E-state index contributed by atoms with van der Waals surface area (Å²) in [6, 6.07) is 12.3. The third-order valence-corrected chi connectivity index (χ3v) is 3.72. The summed E-state index contributed by atoms with van der Waals surface area (Å²) >= 11 is 5.80. The molecular weight excluding hydrogens is 331 g/mol. The van der Waals surface area contributed by atoms with Crippen molar-refractivity contribution in [1.82, 2.24) is 10.3 Å². The largest absolute Gasteiger partial charge is 0.451 e. The van der Waals surface area contributed by atoms with Crippen molar-refractivity contribution >= 4 is 17.5 Å². The maximum Gasteiger partial charge on any atom is 0.287 e. The molecule has 2 aromatic heterocycles. The fraction of sp³-hybridized carbons (Fsp3) is 0.111. The van der Waals surface area contributed by atoms with Gasteiger partial charge in [-0.1, -0.05) is 11.6 Å². The molecule has 0 unspecified atom stereocenters. The molecule has 0 aliphatic rings. The van der Waals surface area contributed by atoms with Gasteiger partial charge in [0.15, 0.2) is 5.76 Å². The molecular formula is C18H14ClFN2O2. The molecule has 2 heterocycles. The molecule has 0 bridgehead atoms. The van der Waals surface area contributed by atoms with Crippen molar-refractivity contribution in [2.24, 2.45) is 0 Å². The van der Waals surface area contributed by atoms with Gasteiger partial charge in [-0.25, -0.2) is 4.39 Å². The van der Waals surface area contributed by atoms with Gasteiger partial charge in [0.1, 0.15) is 11.6 Å². The Labute approximate surface area is 143 Å². The third-order valence-electron chi connectivity index (χ3n) is 3.50. The van der Waals surface area contributed by atoms with E-state index in [4.69, 9.17) is 16.0 Å². The van der Waals surface area contributed by atoms with Gasteiger partial charge < -0.3 is 9.73 Å². The normalized spacial score (nSPS) is 12.0. The van der Waals surface area contributed by atoms with Crippen molar-refractivity contribution in [2.75, 3.05) is 0 Å². The second-order valence-corrected chi connectivity index (χ2v) is 5.70. The monoisotopic (exact) mass is 344 g/mol. The Balaban J connectivity index is 1.71. The van der Waals surface area contributed by atoms with Crippen molar-refractivity contribution < 1.29 is 13.6 Å². The van der Waals surface area contributed by atoms with Crippen LogP contribution < -0.4 is 5.32 Å². The van der Waals surface area contributed by atoms with Crippen LogP contribution in [0.4, 0.5) is 4.39 Å². The summed E-state index contributed by atoms with van der Waals surface area (Å²) in [7, 11) is 0. The highest BCUT2D eigenvalue weighted by molar-refractivity contribution is 6.30. The highest BCUT2D eigenvalue weighted by Crippen LogP contribution is 2.23. The predicted molar refractivity (Wildman–Crippen MR) is 89.2 cm³/mol. The van der Waals surface area contributed by atoms with Gasteiger partial charge in [-0.3, -0.25) is 9.78 Å². The van der Waals surface area contributed by atoms with Gasteiger partial charge in [0.25, 0.3) is 5.91 Å². The molecule has 3 aromatic rings. The van der Waals surface area contributed by atoms with E-state index in [9.17, 15) is 9.18 Å². The lowest BCUT2D eigenvalue weighted by Crippen LogP contribution is -2.26. The molecule has 0 saturated carbocycles. The molecule has 1 aromatic carbocycles. The van der Waals surface area contributed by atoms with Crippen LogP contribution in [0.5, 0.6) is 0 Å². The number of hydrogen-bond donors (Lipinski definition) is 1. The minimum Gasteiger partial charge on any atom is -0.451 e. The molecule has 1 N–H and O–H groups in total. The van der Waals surface area contributed by atoms with Crippen LogP contribution in [0, 0.1) is 5.82 Å². The number of benzene rings is 1. The third kappa shape index (κ3) is 3.63. The molecule has 1 amide bonds. The van der Waals surface area contributed by atoms with Crippen LogP contribution in [0.25, 0.3) is 11.3 Å². The van der Waals surface area contributed by atoms with Gasteiger partial charge in [0.2, 0.25) is 0 Å². The Hall–Kier alpha value is -2.66. The Morgan fingerprint density at radius 2 is 1.92 bits per heavy atom. The first-order chi connectivity index (χ1) is 11.5. The number of rotatable bonds is 4. The lowest BCUT2D eigenvalue weighted by Gasteiger charge is -2.12. The lowest BCUT2D eigenvalue weighted by molar-refractivity contribution is 0.0912. The van der Waals surface area contributed by atoms with Crippen molar-refractivity contribution in [3.8, 4) is 11.3 Å². The average Bonchev–Trinajstić information content (AvgIpc) is 3.06. The molecule has 122 valence electrons. The van der Waals surface area contributed by atoms with Gasteiger partial charge in [0.05, 0.1) is 16.8 Å². The fourth-order valence-electron chi connectivity index (χ4n) is 2.21. The smallest absolute Gasteiger partial charge is 0.287 e. The van der Waals surface area contributed by atoms with Crippen molar-refractivity contribution in [2.45, 2.75) is 13.0 Å². The second-order valence-electron chi connectivity index (χ2n) is 5.27. The Kier molecular flexibility index (Phi) is 4.62. The van der Waals surface area contributed by atoms with Crippen molar-refractivity contribution in [3.63, 3.8) is 0 Å². The molecule has 24 heavy (non-hydrogen) atoms. The van der Waals surface area contributed by atoms with E-state index in [-0.39, 0.29) is 23.5 Å². The van der Waals surface area contributed by atoms with E-state index < -0.39 is 0 Å². The topological polar surface area (TPSA) is 55.1 Å². The van der Waals surface area contributed by atoms with E-state index >= 15 is 0 Å². The Morgan fingerprint density at radius 3 is 2.58 bits per heavy atom. The van der Waals surface area contributed by atoms with Crippen LogP contribution >= 0.6 is 11.6 Å². The van der Waals surface area contributed by atoms with Gasteiger partial charge in [-0.2, -0.15) is 0 Å². The van der Waals surface area contributed by atoms with Gasteiger partial charge >= 0.3 is 0 Å². The molecule has 6 heteroatoms. The first-order valence-corrected chi connectivity index (χ1v) is 7.69. The number of nitrogens with zero attached hydrogens (tertiary/aromatic N) is 1. The van der Waals surface area contributed by atoms with Crippen LogP contribution in [0.15, 0.2) is 59.1 Å². The van der Waals surface area contributed by atoms with Gasteiger partial charge in [-0.05, 0) is 55.5 Å². The van der Waals surface area contributed by atoms with E-state index in [1.165, 1.54) is 18.3 Å². The number of hydrogen-bond acceptors (Lipinski definition) is 3. The average molecular weight is 345 g/mol. The van der Waals surface area contributed by atoms with Crippen LogP contribution in [0.2, 0.25) is 5.02 Å². The number of amides is 1. The zero-order valence-corrected chi connectivity index (χ0v) is 13.5. The molecule has 4 nitrogen and oxygen atoms in total. The van der Waals surface area contributed by atoms with Crippen LogP contribution in [-0.4, -0.2) is 10.9 Å². The number of carbonyl (C=O) groups excluding carboxylic acids is 1. The van der Waals surface area contributed by atoms with E-state index in [1.54, 1.807) is 36.4 Å². The Morgan fingerprint density at radius 1 is 1.17 bits per heavy atom. The number of nitrogens with one attached hydrogen (secondary N) is 1. The molecule has 3 rings (SSSR count). The van der Waals surface area contributed by atoms with Crippen LogP contribution in [0.1, 0.15) is 29.2 Å². The summed E-state index contributed by atoms with van der Waals surface area (Å²) in [6.07, 6.45) is 1.53. The summed E-state index contributed by atoms with van der Waals surface area (Å²) in [5.41, 5.74) is 1.39. The molecule has 0 spiro atoms. The van der Waals surface area contributed by atoms with E-state index in [1.807, 2.05) is 6.92 Å². The zero-order chi connectivity index (χ0) is 17.1. The highest BCUT2D eigenvalue weighted by atomic mass is 35.5. The molecule has 0 aliphatic heterocycles. The fourth-order valence-corrected chi connectivity index (χ4v) is 2.33. The first-order valence-electron chi connectivity index (χ1n) is 7.31. The van der Waals surface area contributed by atoms with Gasteiger partial charge in [0, 0.05) is 11.8 Å². The summed E-state index contributed by atoms with van der Waals surface area (Å²) < 4.78 is 18.5. The quantitative estimate of drug-likeness (QED) is 0.751. The molecule has 0 fully saturated rings. The SMILES string of the molecule is C[C@H](NC(=O)c1ccc(-c2ccc(F)cc2)o1)c1ccc(Cl)cn1. The number of pyridine rings is 1. The summed E-state index contributed by atoms with van der Waals surface area (Å²) in [6.45, 7) is 1.82. The molecule has 1 atom stereocenters. The van der Waals surface area contributed by atoms with Crippen molar-refractivity contribution in [3.05, 3.63) is 77.0 Å². The zero-order valence-electron chi connectivity index (χ0n) is 12.8. The van der Waals surface area contributed by atoms with E-state index in [0.29, 0.717) is 22.0 Å². The number of carbonyl (C=O) groups is 1. The highest BCUT2D eigenvalue weighted by Gasteiger charge is 2.16. The lowest BCUT2D eigenvalue weighted by atomic mass is 10.2. The minimum atomic E-state index is -0.354. The van der Waals surface area contributed by atoms with Crippen LogP contribution in [-0.2, 0) is 0 Å². The van der Waals surface area contributed by atoms with E-state index in [2.05, 4.69) is 10.3 Å². The standard InChI is InChI=1S/C18H14ClFN2O2/c1-11(15-7-4-13(19)10-21-15)22-18(23)17-9-8-16(24-17)12-2-5-14(20)6-3-12/h2-11H,1H3,(H,22,23)/t11-/m0/s1. The molecule has 0 aliphatic carbocycles. The van der Waals surface area contributed by atoms with Gasteiger partial charge in [-0.15, -0.1) is 0 Å². The van der Waals surface area contributed by atoms with Crippen LogP contribution in [0.3, 0.4) is 0 Å². The number of furan rings is 1. The first kappa shape index (κ1) is 16.2. The summed E-state index contributed by atoms with van der Waals surface area (Å²) in [4.78, 5) is 16.4. The summed E-state index contributed by atoms with van der Waals surface area (Å²) in [5.74, 6) is -0.00673. The number of halogens is 2. The van der Waals surface area contributed by atoms with Crippen molar-refractivity contribution in [1.29, 1.82) is 0 Å². The maximum atomic E-state index is 13.0. The minimum absolute atomic E-state index is 0.176. The Bertz CT molecular complexity index is 844. The number of aromatic nitrogens is 1. The van der Waals surface area contributed by atoms with E-state index in [0.717, 1.165) is 0 Å². The second kappa shape index (κ2) is 6.84. The maximum absolute atomic E-state index is 13.0. The molecule has 0 saturated heterocycles. The molecule has 0 radical (unpaired) electrons. The summed E-state index contributed by atoms with van der Waals surface area (Å²) in [5, 5.41) is 3.34. The predicted octanol–water partition coefficient (Wildman–Crippen LogP) is 4.63.